The van der Waals surface area contributed by atoms with Gasteiger partial charge in [0.25, 0.3) is 0 Å². The summed E-state index contributed by atoms with van der Waals surface area (Å²) in [5.74, 6) is 0. The van der Waals surface area contributed by atoms with Crippen LogP contribution in [0.15, 0.2) is 30.0 Å². The standard InChI is InChI=1S/C10H9F3N2/c11-10(12,13)8-3-1-2-7(6-8)9-4-5-14-15-9/h3-6H,1-2H2,(H,14,15). The van der Waals surface area contributed by atoms with E-state index in [4.69, 9.17) is 0 Å². The highest BCUT2D eigenvalue weighted by atomic mass is 19.4. The van der Waals surface area contributed by atoms with Gasteiger partial charge in [0.15, 0.2) is 0 Å². The first-order valence-corrected chi connectivity index (χ1v) is 4.55. The smallest absolute Gasteiger partial charge is 0.278 e. The number of aromatic nitrogens is 2. The summed E-state index contributed by atoms with van der Waals surface area (Å²) in [6.45, 7) is 0. The number of allylic oxidation sites excluding steroid dienone is 4. The van der Waals surface area contributed by atoms with Gasteiger partial charge in [-0.15, -0.1) is 0 Å². The Morgan fingerprint density at radius 3 is 2.73 bits per heavy atom. The second kappa shape index (κ2) is 3.56. The maximum absolute atomic E-state index is 12.4. The van der Waals surface area contributed by atoms with Crippen LogP contribution in [0.5, 0.6) is 0 Å². The fourth-order valence-corrected chi connectivity index (χ4v) is 1.55. The number of halogens is 3. The molecule has 0 unspecified atom stereocenters. The minimum absolute atomic E-state index is 0.416. The van der Waals surface area contributed by atoms with Crippen LogP contribution >= 0.6 is 0 Å². The molecule has 2 rings (SSSR count). The fraction of sp³-hybridized carbons (Fsp3) is 0.300. The molecule has 15 heavy (non-hydrogen) atoms. The zero-order valence-electron chi connectivity index (χ0n) is 7.80. The number of hydrogen-bond acceptors (Lipinski definition) is 1. The van der Waals surface area contributed by atoms with E-state index in [1.54, 1.807) is 6.07 Å². The third kappa shape index (κ3) is 2.11. The van der Waals surface area contributed by atoms with Crippen molar-refractivity contribution in [1.29, 1.82) is 0 Å². The van der Waals surface area contributed by atoms with E-state index >= 15 is 0 Å². The molecule has 1 heterocycles. The summed E-state index contributed by atoms with van der Waals surface area (Å²) in [5, 5.41) is 6.38. The maximum atomic E-state index is 12.4. The van der Waals surface area contributed by atoms with Gasteiger partial charge < -0.3 is 0 Å². The first-order valence-electron chi connectivity index (χ1n) is 4.55. The molecule has 5 heteroatoms. The second-order valence-corrected chi connectivity index (χ2v) is 3.34. The molecule has 1 aromatic heterocycles. The normalized spacial score (nSPS) is 17.3. The molecule has 1 N–H and O–H groups in total. The van der Waals surface area contributed by atoms with Crippen molar-refractivity contribution in [2.75, 3.05) is 0 Å². The Morgan fingerprint density at radius 2 is 2.13 bits per heavy atom. The van der Waals surface area contributed by atoms with Crippen molar-refractivity contribution < 1.29 is 13.2 Å². The van der Waals surface area contributed by atoms with Crippen LogP contribution in [0.3, 0.4) is 0 Å². The molecule has 0 bridgehead atoms. The average Bonchev–Trinajstić information content (AvgIpc) is 2.69. The molecule has 1 aromatic rings. The minimum atomic E-state index is -4.26. The largest absolute Gasteiger partial charge is 0.416 e. The second-order valence-electron chi connectivity index (χ2n) is 3.34. The molecule has 0 aromatic carbocycles. The number of alkyl halides is 3. The summed E-state index contributed by atoms with van der Waals surface area (Å²) in [6.07, 6.45) is 0.700. The Labute approximate surface area is 84.5 Å². The molecule has 0 fully saturated rings. The lowest BCUT2D eigenvalue weighted by molar-refractivity contribution is -0.0885. The maximum Gasteiger partial charge on any atom is 0.416 e. The fourth-order valence-electron chi connectivity index (χ4n) is 1.55. The molecule has 1 aliphatic carbocycles. The lowest BCUT2D eigenvalue weighted by Gasteiger charge is -2.14. The van der Waals surface area contributed by atoms with Crippen LogP contribution in [0.1, 0.15) is 18.5 Å². The summed E-state index contributed by atoms with van der Waals surface area (Å²) >= 11 is 0. The Hall–Kier alpha value is -1.52. The minimum Gasteiger partial charge on any atom is -0.278 e. The molecule has 1 aliphatic rings. The SMILES string of the molecule is FC(F)(F)C1=CCCC(c2ccn[nH]2)=C1. The molecule has 0 spiro atoms. The van der Waals surface area contributed by atoms with Crippen LogP contribution in [-0.2, 0) is 0 Å². The van der Waals surface area contributed by atoms with Gasteiger partial charge in [0.1, 0.15) is 0 Å². The molecule has 0 atom stereocenters. The van der Waals surface area contributed by atoms with Crippen molar-refractivity contribution in [3.8, 4) is 0 Å². The number of rotatable bonds is 1. The van der Waals surface area contributed by atoms with E-state index in [0.717, 1.165) is 0 Å². The van der Waals surface area contributed by atoms with E-state index < -0.39 is 11.7 Å². The van der Waals surface area contributed by atoms with Crippen LogP contribution in [0.2, 0.25) is 0 Å². The van der Waals surface area contributed by atoms with Gasteiger partial charge >= 0.3 is 6.18 Å². The third-order valence-electron chi connectivity index (χ3n) is 2.28. The molecular formula is C10H9F3N2. The predicted molar refractivity (Wildman–Crippen MR) is 49.9 cm³/mol. The van der Waals surface area contributed by atoms with Gasteiger partial charge in [-0.3, -0.25) is 5.10 Å². The van der Waals surface area contributed by atoms with Gasteiger partial charge in [0.05, 0.1) is 11.3 Å². The van der Waals surface area contributed by atoms with Crippen LogP contribution in [-0.4, -0.2) is 16.4 Å². The van der Waals surface area contributed by atoms with Crippen LogP contribution in [0, 0.1) is 0 Å². The van der Waals surface area contributed by atoms with Crippen molar-refractivity contribution in [3.05, 3.63) is 35.7 Å². The first-order chi connectivity index (χ1) is 7.07. The van der Waals surface area contributed by atoms with Crippen molar-refractivity contribution in [1.82, 2.24) is 10.2 Å². The summed E-state index contributed by atoms with van der Waals surface area (Å²) in [4.78, 5) is 0. The lowest BCUT2D eigenvalue weighted by Crippen LogP contribution is -2.12. The van der Waals surface area contributed by atoms with E-state index in [1.165, 1.54) is 18.3 Å². The zero-order chi connectivity index (χ0) is 10.9. The van der Waals surface area contributed by atoms with Crippen molar-refractivity contribution in [3.63, 3.8) is 0 Å². The van der Waals surface area contributed by atoms with Gasteiger partial charge in [0.2, 0.25) is 0 Å². The van der Waals surface area contributed by atoms with Crippen molar-refractivity contribution in [2.45, 2.75) is 19.0 Å². The summed E-state index contributed by atoms with van der Waals surface area (Å²) in [6, 6.07) is 1.67. The highest BCUT2D eigenvalue weighted by Crippen LogP contribution is 2.34. The highest BCUT2D eigenvalue weighted by Gasteiger charge is 2.33. The van der Waals surface area contributed by atoms with Crippen molar-refractivity contribution >= 4 is 5.57 Å². The predicted octanol–water partition coefficient (Wildman–Crippen LogP) is 3.08. The van der Waals surface area contributed by atoms with Crippen LogP contribution in [0.4, 0.5) is 13.2 Å². The molecule has 0 radical (unpaired) electrons. The zero-order valence-corrected chi connectivity index (χ0v) is 7.80. The third-order valence-corrected chi connectivity index (χ3v) is 2.28. The lowest BCUT2D eigenvalue weighted by atomic mass is 9.97. The molecule has 80 valence electrons. The molecule has 0 aliphatic heterocycles. The molecule has 2 nitrogen and oxygen atoms in total. The molecule has 0 amide bonds. The van der Waals surface area contributed by atoms with Gasteiger partial charge in [-0.2, -0.15) is 18.3 Å². The van der Waals surface area contributed by atoms with E-state index in [-0.39, 0.29) is 0 Å². The van der Waals surface area contributed by atoms with E-state index in [9.17, 15) is 13.2 Å². The Balaban J connectivity index is 2.30. The van der Waals surface area contributed by atoms with Gasteiger partial charge in [-0.1, -0.05) is 6.08 Å². The number of nitrogens with one attached hydrogen (secondary N) is 1. The monoisotopic (exact) mass is 214 g/mol. The van der Waals surface area contributed by atoms with E-state index in [2.05, 4.69) is 10.2 Å². The Morgan fingerprint density at radius 1 is 1.33 bits per heavy atom. The number of nitrogens with zero attached hydrogens (tertiary/aromatic N) is 1. The number of aromatic amines is 1. The summed E-state index contributed by atoms with van der Waals surface area (Å²) in [5.41, 5.74) is 0.741. The van der Waals surface area contributed by atoms with E-state index in [1.807, 2.05) is 0 Å². The number of hydrogen-bond donors (Lipinski definition) is 1. The van der Waals surface area contributed by atoms with Gasteiger partial charge in [-0.25, -0.2) is 0 Å². The average molecular weight is 214 g/mol. The van der Waals surface area contributed by atoms with Crippen LogP contribution in [0.25, 0.3) is 5.57 Å². The first kappa shape index (κ1) is 10.0. The Kier molecular flexibility index (Phi) is 2.38. The van der Waals surface area contributed by atoms with E-state index in [0.29, 0.717) is 24.1 Å². The summed E-state index contributed by atoms with van der Waals surface area (Å²) in [7, 11) is 0. The molecular weight excluding hydrogens is 205 g/mol. The summed E-state index contributed by atoms with van der Waals surface area (Å²) < 4.78 is 37.3. The highest BCUT2D eigenvalue weighted by molar-refractivity contribution is 5.67. The van der Waals surface area contributed by atoms with Gasteiger partial charge in [-0.05, 0) is 30.6 Å². The Bertz CT molecular complexity index is 399. The molecule has 0 saturated carbocycles. The topological polar surface area (TPSA) is 28.7 Å². The number of H-pyrrole nitrogens is 1. The quantitative estimate of drug-likeness (QED) is 0.764. The van der Waals surface area contributed by atoms with Crippen molar-refractivity contribution in [2.24, 2.45) is 0 Å². The molecule has 0 saturated heterocycles. The van der Waals surface area contributed by atoms with Gasteiger partial charge in [0, 0.05) is 6.20 Å². The van der Waals surface area contributed by atoms with Crippen LogP contribution < -0.4 is 0 Å².